The summed E-state index contributed by atoms with van der Waals surface area (Å²) in [6.45, 7) is 1.91. The number of quaternary nitrogens is 1. The second-order valence-electron chi connectivity index (χ2n) is 10.5. The number of methoxy groups -OCH3 is 1. The third-order valence-electron chi connectivity index (χ3n) is 8.65. The summed E-state index contributed by atoms with van der Waals surface area (Å²) in [5, 5.41) is 13.8. The largest absolute Gasteiger partial charge is 0.486 e. The van der Waals surface area contributed by atoms with Gasteiger partial charge in [0, 0.05) is 43.4 Å². The van der Waals surface area contributed by atoms with Crippen LogP contribution in [0.5, 0.6) is 17.4 Å². The molecule has 3 fully saturated rings. The Morgan fingerprint density at radius 2 is 1.81 bits per heavy atom. The van der Waals surface area contributed by atoms with Gasteiger partial charge in [-0.05, 0) is 30.7 Å². The van der Waals surface area contributed by atoms with Crippen molar-refractivity contribution in [3.05, 3.63) is 47.7 Å². The number of halogens is 1. The van der Waals surface area contributed by atoms with Crippen LogP contribution in [0.1, 0.15) is 49.8 Å². The first kappa shape index (κ1) is 23.4. The number of ether oxygens (including phenoxy) is 3. The molecule has 0 radical (unpaired) electrons. The van der Waals surface area contributed by atoms with Crippen LogP contribution < -0.4 is 19.5 Å². The molecule has 4 aliphatic rings. The standard InChI is InChI=1S/C27H31FN4O4/c1-34-24-3-2-20-25(32-24)18(19(28)15-30-20)13-23(33)26-4-7-27(8-5-26,9-6-26)31-14-17-12-21-22(16-29-17)36-11-10-35-21/h2-3,12,15-16,23,31,33H,4-11,13-14H2,1H3/p+1. The van der Waals surface area contributed by atoms with Crippen molar-refractivity contribution >= 4 is 11.0 Å². The number of aliphatic hydroxyl groups is 1. The van der Waals surface area contributed by atoms with E-state index in [2.05, 4.69) is 20.3 Å². The molecule has 1 aliphatic heterocycles. The summed E-state index contributed by atoms with van der Waals surface area (Å²) in [7, 11) is 1.53. The van der Waals surface area contributed by atoms with Crippen LogP contribution in [-0.2, 0) is 13.0 Å². The van der Waals surface area contributed by atoms with Crippen molar-refractivity contribution in [3.8, 4) is 17.4 Å². The monoisotopic (exact) mass is 495 g/mol. The lowest BCUT2D eigenvalue weighted by Gasteiger charge is -2.53. The quantitative estimate of drug-likeness (QED) is 0.520. The van der Waals surface area contributed by atoms with E-state index in [1.165, 1.54) is 13.3 Å². The number of fused-ring (bicyclic) bond motifs is 5. The molecule has 3 aromatic rings. The van der Waals surface area contributed by atoms with Crippen LogP contribution in [0.25, 0.3) is 11.0 Å². The molecule has 0 spiro atoms. The number of aromatic nitrogens is 3. The molecule has 3 N–H and O–H groups in total. The van der Waals surface area contributed by atoms with Crippen LogP contribution in [0, 0.1) is 11.2 Å². The van der Waals surface area contributed by atoms with Gasteiger partial charge < -0.3 is 24.6 Å². The number of hydrogen-bond acceptors (Lipinski definition) is 7. The molecule has 8 nitrogen and oxygen atoms in total. The molecule has 36 heavy (non-hydrogen) atoms. The molecule has 4 heterocycles. The summed E-state index contributed by atoms with van der Waals surface area (Å²) in [5.74, 6) is 1.46. The van der Waals surface area contributed by atoms with Gasteiger partial charge in [-0.3, -0.25) is 9.97 Å². The summed E-state index contributed by atoms with van der Waals surface area (Å²) >= 11 is 0. The van der Waals surface area contributed by atoms with Crippen molar-refractivity contribution in [3.63, 3.8) is 0 Å². The van der Waals surface area contributed by atoms with Crippen LogP contribution in [0.3, 0.4) is 0 Å². The second kappa shape index (κ2) is 9.12. The number of hydrogen-bond donors (Lipinski definition) is 2. The van der Waals surface area contributed by atoms with Gasteiger partial charge in [-0.15, -0.1) is 0 Å². The maximum Gasteiger partial charge on any atom is 0.213 e. The molecule has 2 bridgehead atoms. The van der Waals surface area contributed by atoms with Crippen LogP contribution in [0.2, 0.25) is 0 Å². The van der Waals surface area contributed by atoms with Gasteiger partial charge in [-0.1, -0.05) is 0 Å². The smallest absolute Gasteiger partial charge is 0.213 e. The summed E-state index contributed by atoms with van der Waals surface area (Å²) in [6.07, 6.45) is 8.45. The van der Waals surface area contributed by atoms with Crippen molar-refractivity contribution < 1.29 is 29.0 Å². The predicted molar refractivity (Wildman–Crippen MR) is 129 cm³/mol. The van der Waals surface area contributed by atoms with Crippen LogP contribution in [-0.4, -0.2) is 52.0 Å². The van der Waals surface area contributed by atoms with E-state index in [4.69, 9.17) is 14.2 Å². The highest BCUT2D eigenvalue weighted by Gasteiger charge is 2.53. The number of nitrogens with zero attached hydrogens (tertiary/aromatic N) is 3. The van der Waals surface area contributed by atoms with E-state index in [-0.39, 0.29) is 17.4 Å². The highest BCUT2D eigenvalue weighted by atomic mass is 19.1. The summed E-state index contributed by atoms with van der Waals surface area (Å²) in [6, 6.07) is 5.47. The van der Waals surface area contributed by atoms with E-state index in [0.717, 1.165) is 56.5 Å². The van der Waals surface area contributed by atoms with E-state index < -0.39 is 11.9 Å². The number of nitrogens with two attached hydrogens (primary N) is 1. The number of pyridine rings is 3. The van der Waals surface area contributed by atoms with Crippen molar-refractivity contribution in [2.75, 3.05) is 20.3 Å². The first-order chi connectivity index (χ1) is 17.5. The molecular weight excluding hydrogens is 463 g/mol. The van der Waals surface area contributed by atoms with Crippen molar-refractivity contribution in [2.24, 2.45) is 5.41 Å². The SMILES string of the molecule is COc1ccc2ncc(F)c(CC(O)C34CCC([NH2+]Cc5cc6c(cn5)OCCO6)(CC3)CC4)c2n1. The van der Waals surface area contributed by atoms with Crippen molar-refractivity contribution in [1.29, 1.82) is 0 Å². The van der Waals surface area contributed by atoms with Gasteiger partial charge in [-0.25, -0.2) is 9.37 Å². The first-order valence-corrected chi connectivity index (χ1v) is 12.7. The fraction of sp³-hybridized carbons (Fsp3) is 0.519. The Balaban J connectivity index is 1.13. The molecule has 9 heteroatoms. The van der Waals surface area contributed by atoms with Gasteiger partial charge in [0.25, 0.3) is 0 Å². The van der Waals surface area contributed by atoms with Crippen LogP contribution in [0.4, 0.5) is 4.39 Å². The molecule has 0 aromatic carbocycles. The Kier molecular flexibility index (Phi) is 5.92. The van der Waals surface area contributed by atoms with Gasteiger partial charge in [0.1, 0.15) is 25.6 Å². The predicted octanol–water partition coefficient (Wildman–Crippen LogP) is 2.70. The topological polar surface area (TPSA) is 103 Å². The molecule has 0 saturated heterocycles. The fourth-order valence-electron chi connectivity index (χ4n) is 6.27. The Bertz CT molecular complexity index is 1260. The van der Waals surface area contributed by atoms with Crippen molar-refractivity contribution in [1.82, 2.24) is 15.0 Å². The lowest BCUT2D eigenvalue weighted by molar-refractivity contribution is -0.750. The average Bonchev–Trinajstić information content (AvgIpc) is 2.94. The Morgan fingerprint density at radius 1 is 1.06 bits per heavy atom. The Labute approximate surface area is 209 Å². The van der Waals surface area contributed by atoms with Gasteiger partial charge in [0.05, 0.1) is 47.9 Å². The maximum absolute atomic E-state index is 14.9. The van der Waals surface area contributed by atoms with Crippen LogP contribution in [0.15, 0.2) is 30.6 Å². The van der Waals surface area contributed by atoms with Gasteiger partial charge in [0.15, 0.2) is 11.5 Å². The maximum atomic E-state index is 14.9. The normalized spacial score (nSPS) is 25.6. The lowest BCUT2D eigenvalue weighted by Crippen LogP contribution is -2.97. The van der Waals surface area contributed by atoms with E-state index in [0.29, 0.717) is 41.4 Å². The summed E-state index contributed by atoms with van der Waals surface area (Å²) in [4.78, 5) is 13.2. The zero-order chi connectivity index (χ0) is 24.8. The molecule has 1 unspecified atom stereocenters. The van der Waals surface area contributed by atoms with Gasteiger partial charge >= 0.3 is 0 Å². The highest BCUT2D eigenvalue weighted by molar-refractivity contribution is 5.78. The molecular formula is C27H32FN4O4+. The molecule has 1 atom stereocenters. The zero-order valence-corrected chi connectivity index (χ0v) is 20.5. The van der Waals surface area contributed by atoms with Gasteiger partial charge in [-0.2, -0.15) is 0 Å². The molecule has 3 saturated carbocycles. The van der Waals surface area contributed by atoms with Crippen LogP contribution >= 0.6 is 0 Å². The van der Waals surface area contributed by atoms with E-state index in [9.17, 15) is 9.50 Å². The molecule has 3 aromatic heterocycles. The van der Waals surface area contributed by atoms with E-state index in [1.54, 1.807) is 18.3 Å². The minimum absolute atomic E-state index is 0.167. The third-order valence-corrected chi connectivity index (χ3v) is 8.65. The number of rotatable bonds is 7. The molecule has 7 rings (SSSR count). The van der Waals surface area contributed by atoms with E-state index >= 15 is 0 Å². The Hall–Kier alpha value is -3.04. The minimum atomic E-state index is -0.636. The molecule has 190 valence electrons. The summed E-state index contributed by atoms with van der Waals surface area (Å²) < 4.78 is 31.4. The molecule has 3 aliphatic carbocycles. The lowest BCUT2D eigenvalue weighted by atomic mass is 9.54. The third kappa shape index (κ3) is 4.14. The van der Waals surface area contributed by atoms with E-state index in [1.807, 2.05) is 6.07 Å². The number of aliphatic hydroxyl groups excluding tert-OH is 1. The average molecular weight is 496 g/mol. The van der Waals surface area contributed by atoms with Crippen molar-refractivity contribution in [2.45, 2.75) is 63.1 Å². The first-order valence-electron chi connectivity index (χ1n) is 12.7. The fourth-order valence-corrected chi connectivity index (χ4v) is 6.27. The van der Waals surface area contributed by atoms with Gasteiger partial charge in [0.2, 0.25) is 5.88 Å². The Morgan fingerprint density at radius 3 is 2.56 bits per heavy atom. The zero-order valence-electron chi connectivity index (χ0n) is 20.5. The molecule has 0 amide bonds. The minimum Gasteiger partial charge on any atom is -0.486 e. The second-order valence-corrected chi connectivity index (χ2v) is 10.5. The highest BCUT2D eigenvalue weighted by Crippen LogP contribution is 2.53. The summed E-state index contributed by atoms with van der Waals surface area (Å²) in [5.41, 5.74) is 2.45.